The van der Waals surface area contributed by atoms with Crippen LogP contribution < -0.4 is 15.5 Å². The fourth-order valence-electron chi connectivity index (χ4n) is 3.28. The number of nitrogens with one attached hydrogen (secondary N) is 2. The Morgan fingerprint density at radius 3 is 2.75 bits per heavy atom. The maximum absolute atomic E-state index is 9.03. The number of nitrogens with zero attached hydrogens (tertiary/aromatic N) is 6. The lowest BCUT2D eigenvalue weighted by atomic mass is 10.2. The van der Waals surface area contributed by atoms with Gasteiger partial charge in [0.1, 0.15) is 22.6 Å². The van der Waals surface area contributed by atoms with Crippen LogP contribution >= 0.6 is 23.1 Å². The van der Waals surface area contributed by atoms with Crippen LogP contribution in [0.4, 0.5) is 16.8 Å². The monoisotopic (exact) mass is 416 g/mol. The first-order valence-corrected chi connectivity index (χ1v) is 11.2. The van der Waals surface area contributed by atoms with Gasteiger partial charge in [0.15, 0.2) is 10.3 Å². The SMILES string of the molecule is CN1CCN(c2cc(Nc3ncc(C#N)s3)nc(SC3CCNCC3)n2)CC1. The molecule has 0 unspecified atom stereocenters. The van der Waals surface area contributed by atoms with Gasteiger partial charge in [0.2, 0.25) is 0 Å². The number of aromatic nitrogens is 3. The lowest BCUT2D eigenvalue weighted by Crippen LogP contribution is -2.44. The van der Waals surface area contributed by atoms with Crippen molar-refractivity contribution in [3.05, 3.63) is 17.1 Å². The van der Waals surface area contributed by atoms with Crippen LogP contribution in [0.25, 0.3) is 0 Å². The van der Waals surface area contributed by atoms with Gasteiger partial charge in [0.25, 0.3) is 0 Å². The number of piperidine rings is 1. The van der Waals surface area contributed by atoms with Gasteiger partial charge in [-0.1, -0.05) is 23.1 Å². The molecule has 148 valence electrons. The first-order chi connectivity index (χ1) is 13.7. The topological polar surface area (TPSA) is 93.0 Å². The van der Waals surface area contributed by atoms with E-state index in [1.54, 1.807) is 18.0 Å². The summed E-state index contributed by atoms with van der Waals surface area (Å²) in [6.07, 6.45) is 3.85. The van der Waals surface area contributed by atoms with E-state index in [1.807, 2.05) is 6.07 Å². The van der Waals surface area contributed by atoms with Crippen molar-refractivity contribution in [3.8, 4) is 6.07 Å². The summed E-state index contributed by atoms with van der Waals surface area (Å²) in [5.41, 5.74) is 0. The van der Waals surface area contributed by atoms with E-state index in [-0.39, 0.29) is 0 Å². The second-order valence-corrected chi connectivity index (χ2v) is 9.32. The molecule has 0 radical (unpaired) electrons. The molecule has 0 amide bonds. The second kappa shape index (κ2) is 9.05. The number of hydrogen-bond donors (Lipinski definition) is 2. The maximum atomic E-state index is 9.03. The lowest BCUT2D eigenvalue weighted by Gasteiger charge is -2.33. The minimum atomic E-state index is 0.543. The molecule has 28 heavy (non-hydrogen) atoms. The number of rotatable bonds is 5. The molecule has 0 aliphatic carbocycles. The molecule has 4 rings (SSSR count). The van der Waals surface area contributed by atoms with Gasteiger partial charge in [-0.25, -0.2) is 15.0 Å². The molecule has 0 aromatic carbocycles. The van der Waals surface area contributed by atoms with Gasteiger partial charge in [-0.2, -0.15) is 5.26 Å². The van der Waals surface area contributed by atoms with E-state index in [2.05, 4.69) is 38.5 Å². The van der Waals surface area contributed by atoms with E-state index in [9.17, 15) is 0 Å². The van der Waals surface area contributed by atoms with Crippen molar-refractivity contribution in [1.29, 1.82) is 5.26 Å². The first-order valence-electron chi connectivity index (χ1n) is 9.52. The molecule has 2 aromatic heterocycles. The summed E-state index contributed by atoms with van der Waals surface area (Å²) >= 11 is 3.10. The number of thiazole rings is 1. The van der Waals surface area contributed by atoms with Gasteiger partial charge < -0.3 is 20.4 Å². The molecule has 2 saturated heterocycles. The summed E-state index contributed by atoms with van der Waals surface area (Å²) in [6, 6.07) is 4.12. The molecule has 2 aromatic rings. The van der Waals surface area contributed by atoms with E-state index >= 15 is 0 Å². The highest BCUT2D eigenvalue weighted by atomic mass is 32.2. The molecule has 4 heterocycles. The largest absolute Gasteiger partial charge is 0.354 e. The van der Waals surface area contributed by atoms with E-state index < -0.39 is 0 Å². The predicted octanol–water partition coefficient (Wildman–Crippen LogP) is 2.14. The molecule has 8 nitrogen and oxygen atoms in total. The highest BCUT2D eigenvalue weighted by Gasteiger charge is 2.20. The van der Waals surface area contributed by atoms with Crippen molar-refractivity contribution in [2.45, 2.75) is 23.2 Å². The third-order valence-corrected chi connectivity index (χ3v) is 6.94. The Hall–Kier alpha value is -1.93. The Kier molecular flexibility index (Phi) is 6.26. The zero-order valence-electron chi connectivity index (χ0n) is 15.9. The van der Waals surface area contributed by atoms with Crippen molar-refractivity contribution in [2.75, 3.05) is 56.5 Å². The van der Waals surface area contributed by atoms with Gasteiger partial charge in [-0.15, -0.1) is 0 Å². The maximum Gasteiger partial charge on any atom is 0.191 e. The molecule has 0 spiro atoms. The van der Waals surface area contributed by atoms with Crippen LogP contribution in [0.5, 0.6) is 0 Å². The fourth-order valence-corrected chi connectivity index (χ4v) is 4.97. The van der Waals surface area contributed by atoms with E-state index in [1.165, 1.54) is 11.3 Å². The second-order valence-electron chi connectivity index (χ2n) is 7.02. The van der Waals surface area contributed by atoms with E-state index in [4.69, 9.17) is 15.2 Å². The van der Waals surface area contributed by atoms with Gasteiger partial charge >= 0.3 is 0 Å². The standard InChI is InChI=1S/C18H24N8S2/c1-25-6-8-26(9-7-25)16-10-15(22-17-21-12-14(11-19)28-17)23-18(24-16)27-13-2-4-20-5-3-13/h10,12-13,20H,2-9H2,1H3,(H,21,22,23,24). The number of piperazine rings is 1. The van der Waals surface area contributed by atoms with E-state index in [0.29, 0.717) is 15.3 Å². The Balaban J connectivity index is 1.57. The number of nitriles is 1. The Bertz CT molecular complexity index is 834. The average Bonchev–Trinajstić information content (AvgIpc) is 3.17. The van der Waals surface area contributed by atoms with Crippen LogP contribution in [0.2, 0.25) is 0 Å². The number of likely N-dealkylation sites (N-methyl/N-ethyl adjacent to an activating group) is 1. The molecular weight excluding hydrogens is 392 g/mol. The third-order valence-electron chi connectivity index (χ3n) is 4.93. The molecule has 0 atom stereocenters. The van der Waals surface area contributed by atoms with Crippen molar-refractivity contribution in [1.82, 2.24) is 25.2 Å². The van der Waals surface area contributed by atoms with Crippen molar-refractivity contribution in [3.63, 3.8) is 0 Å². The summed E-state index contributed by atoms with van der Waals surface area (Å²) in [6.45, 7) is 6.08. The third kappa shape index (κ3) is 4.91. The Morgan fingerprint density at radius 1 is 1.25 bits per heavy atom. The fraction of sp³-hybridized carbons (Fsp3) is 0.556. The highest BCUT2D eigenvalue weighted by molar-refractivity contribution is 7.99. The summed E-state index contributed by atoms with van der Waals surface area (Å²) in [7, 11) is 2.15. The van der Waals surface area contributed by atoms with Crippen LogP contribution in [0.1, 0.15) is 17.7 Å². The zero-order valence-corrected chi connectivity index (χ0v) is 17.5. The minimum absolute atomic E-state index is 0.543. The van der Waals surface area contributed by atoms with Crippen LogP contribution in [0.15, 0.2) is 17.4 Å². The molecule has 2 aliphatic heterocycles. The smallest absolute Gasteiger partial charge is 0.191 e. The molecule has 0 bridgehead atoms. The van der Waals surface area contributed by atoms with Crippen LogP contribution in [-0.4, -0.2) is 71.4 Å². The predicted molar refractivity (Wildman–Crippen MR) is 114 cm³/mol. The number of anilines is 3. The molecule has 10 heteroatoms. The Labute approximate surface area is 173 Å². The van der Waals surface area contributed by atoms with Gasteiger partial charge in [0.05, 0.1) is 6.20 Å². The van der Waals surface area contributed by atoms with Gasteiger partial charge in [-0.3, -0.25) is 0 Å². The van der Waals surface area contributed by atoms with Crippen molar-refractivity contribution < 1.29 is 0 Å². The normalized spacial score (nSPS) is 18.8. The minimum Gasteiger partial charge on any atom is -0.354 e. The van der Waals surface area contributed by atoms with Gasteiger partial charge in [-0.05, 0) is 33.0 Å². The molecule has 0 saturated carbocycles. The van der Waals surface area contributed by atoms with Crippen molar-refractivity contribution >= 4 is 39.9 Å². The summed E-state index contributed by atoms with van der Waals surface area (Å²) in [4.78, 5) is 19.1. The van der Waals surface area contributed by atoms with Crippen molar-refractivity contribution in [2.24, 2.45) is 0 Å². The number of hydrogen-bond acceptors (Lipinski definition) is 10. The quantitative estimate of drug-likeness (QED) is 0.711. The Morgan fingerprint density at radius 2 is 2.04 bits per heavy atom. The average molecular weight is 417 g/mol. The van der Waals surface area contributed by atoms with Crippen LogP contribution in [0.3, 0.4) is 0 Å². The summed E-state index contributed by atoms with van der Waals surface area (Å²) in [5.74, 6) is 1.69. The summed E-state index contributed by atoms with van der Waals surface area (Å²) in [5, 5.41) is 17.7. The molecular formula is C18H24N8S2. The van der Waals surface area contributed by atoms with Crippen LogP contribution in [-0.2, 0) is 0 Å². The zero-order chi connectivity index (χ0) is 19.3. The highest BCUT2D eigenvalue weighted by Crippen LogP contribution is 2.30. The first kappa shape index (κ1) is 19.4. The summed E-state index contributed by atoms with van der Waals surface area (Å²) < 4.78 is 0. The van der Waals surface area contributed by atoms with E-state index in [0.717, 1.165) is 68.9 Å². The molecule has 2 N–H and O–H groups in total. The van der Waals surface area contributed by atoms with Crippen LogP contribution in [0, 0.1) is 11.3 Å². The van der Waals surface area contributed by atoms with Gasteiger partial charge in [0, 0.05) is 37.5 Å². The lowest BCUT2D eigenvalue weighted by molar-refractivity contribution is 0.312. The molecule has 2 aliphatic rings. The molecule has 2 fully saturated rings. The number of thioether (sulfide) groups is 1.